The molecule has 3 rings (SSSR count). The van der Waals surface area contributed by atoms with Gasteiger partial charge in [0.25, 0.3) is 0 Å². The van der Waals surface area contributed by atoms with Crippen molar-refractivity contribution in [3.05, 3.63) is 22.8 Å². The molecule has 11 heteroatoms. The van der Waals surface area contributed by atoms with Crippen molar-refractivity contribution in [3.63, 3.8) is 0 Å². The highest BCUT2D eigenvalue weighted by molar-refractivity contribution is 5.88. The summed E-state index contributed by atoms with van der Waals surface area (Å²) in [6, 6.07) is 0. The first-order valence-corrected chi connectivity index (χ1v) is 14.3. The summed E-state index contributed by atoms with van der Waals surface area (Å²) >= 11 is 0. The second kappa shape index (κ2) is 12.2. The molecule has 1 saturated heterocycles. The summed E-state index contributed by atoms with van der Waals surface area (Å²) < 4.78 is 23.1. The number of rotatable bonds is 10. The third kappa shape index (κ3) is 5.81. The highest BCUT2D eigenvalue weighted by Crippen LogP contribution is 2.56. The lowest BCUT2D eigenvalue weighted by Crippen LogP contribution is -2.63. The Balaban J connectivity index is 2.15. The van der Waals surface area contributed by atoms with Gasteiger partial charge in [0.1, 0.15) is 5.60 Å². The number of carbonyl (C=O) groups is 4. The normalized spacial score (nSPS) is 36.7. The van der Waals surface area contributed by atoms with Crippen LogP contribution < -0.4 is 0 Å². The minimum Gasteiger partial charge on any atom is -0.459 e. The van der Waals surface area contributed by atoms with Crippen LogP contribution in [0.1, 0.15) is 93.4 Å². The van der Waals surface area contributed by atoms with Crippen LogP contribution in [0, 0.1) is 5.92 Å². The van der Waals surface area contributed by atoms with Gasteiger partial charge in [-0.25, -0.2) is 9.59 Å². The van der Waals surface area contributed by atoms with Crippen molar-refractivity contribution in [2.24, 2.45) is 5.92 Å². The highest BCUT2D eigenvalue weighted by atomic mass is 16.6. The van der Waals surface area contributed by atoms with E-state index in [1.807, 2.05) is 0 Å². The molecular formula is C30H44O11. The molecule has 2 unspecified atom stereocenters. The van der Waals surface area contributed by atoms with E-state index in [1.165, 1.54) is 13.8 Å². The van der Waals surface area contributed by atoms with Crippen molar-refractivity contribution in [1.82, 2.24) is 0 Å². The Morgan fingerprint density at radius 3 is 2.29 bits per heavy atom. The number of esters is 4. The Kier molecular flexibility index (Phi) is 9.77. The van der Waals surface area contributed by atoms with Crippen molar-refractivity contribution >= 4 is 23.9 Å². The van der Waals surface area contributed by atoms with Crippen LogP contribution in [-0.4, -0.2) is 80.4 Å². The minimum absolute atomic E-state index is 0.0971. The summed E-state index contributed by atoms with van der Waals surface area (Å²) in [4.78, 5) is 51.2. The fourth-order valence-electron chi connectivity index (χ4n) is 6.38. The molecule has 1 saturated carbocycles. The predicted molar refractivity (Wildman–Crippen MR) is 145 cm³/mol. The van der Waals surface area contributed by atoms with Crippen LogP contribution in [0.5, 0.6) is 0 Å². The molecule has 3 aliphatic rings. The Morgan fingerprint density at radius 2 is 1.71 bits per heavy atom. The first-order valence-electron chi connectivity index (χ1n) is 14.3. The average Bonchev–Trinajstić information content (AvgIpc) is 3.22. The van der Waals surface area contributed by atoms with E-state index in [0.29, 0.717) is 12.0 Å². The van der Waals surface area contributed by atoms with Gasteiger partial charge in [-0.05, 0) is 52.2 Å². The summed E-state index contributed by atoms with van der Waals surface area (Å²) in [5, 5.41) is 34.1. The molecule has 2 aliphatic carbocycles. The van der Waals surface area contributed by atoms with Crippen molar-refractivity contribution in [2.75, 3.05) is 0 Å². The first-order chi connectivity index (χ1) is 19.1. The number of hydrogen-bond acceptors (Lipinski definition) is 11. The number of aliphatic hydroxyl groups is 3. The lowest BCUT2D eigenvalue weighted by molar-refractivity contribution is -0.199. The lowest BCUT2D eigenvalue weighted by Gasteiger charge is -2.40. The van der Waals surface area contributed by atoms with Crippen LogP contribution in [0.15, 0.2) is 22.8 Å². The second-order valence-electron chi connectivity index (χ2n) is 11.8. The number of carbonyl (C=O) groups excluding carboxylic acids is 4. The third-order valence-corrected chi connectivity index (χ3v) is 8.81. The molecular weight excluding hydrogens is 536 g/mol. The Labute approximate surface area is 240 Å². The number of allylic oxidation sites excluding steroid dienone is 1. The lowest BCUT2D eigenvalue weighted by atomic mass is 9.75. The molecule has 0 spiro atoms. The quantitative estimate of drug-likeness (QED) is 0.114. The maximum Gasteiger partial charge on any atom is 0.341 e. The van der Waals surface area contributed by atoms with Crippen LogP contribution in [0.25, 0.3) is 0 Å². The summed E-state index contributed by atoms with van der Waals surface area (Å²) in [6.45, 7) is 10.6. The highest BCUT2D eigenvalue weighted by Gasteiger charge is 2.74. The molecule has 2 fully saturated rings. The van der Waals surface area contributed by atoms with E-state index in [-0.39, 0.29) is 17.6 Å². The molecule has 230 valence electrons. The van der Waals surface area contributed by atoms with Gasteiger partial charge < -0.3 is 34.3 Å². The molecule has 0 aromatic carbocycles. The molecule has 11 nitrogen and oxygen atoms in total. The third-order valence-electron chi connectivity index (χ3n) is 8.81. The fraction of sp³-hybridized carbons (Fsp3) is 0.733. The first kappa shape index (κ1) is 32.8. The topological polar surface area (TPSA) is 166 Å². The summed E-state index contributed by atoms with van der Waals surface area (Å²) in [7, 11) is 0. The van der Waals surface area contributed by atoms with Crippen molar-refractivity contribution in [3.8, 4) is 0 Å². The predicted octanol–water partition coefficient (Wildman–Crippen LogP) is 2.58. The van der Waals surface area contributed by atoms with Gasteiger partial charge in [0, 0.05) is 25.3 Å². The van der Waals surface area contributed by atoms with Gasteiger partial charge in [0.05, 0.1) is 12.0 Å². The van der Waals surface area contributed by atoms with Gasteiger partial charge in [-0.2, -0.15) is 0 Å². The molecule has 1 heterocycles. The number of aliphatic hydroxyl groups excluding tert-OH is 1. The van der Waals surface area contributed by atoms with Gasteiger partial charge in [0.2, 0.25) is 0 Å². The van der Waals surface area contributed by atoms with Crippen LogP contribution >= 0.6 is 0 Å². The summed E-state index contributed by atoms with van der Waals surface area (Å²) in [5.74, 6) is -4.23. The molecule has 0 aromatic rings. The minimum atomic E-state index is -2.55. The second-order valence-corrected chi connectivity index (χ2v) is 11.8. The van der Waals surface area contributed by atoms with Crippen LogP contribution in [0.4, 0.5) is 0 Å². The Hall–Kier alpha value is -2.76. The van der Waals surface area contributed by atoms with E-state index in [0.717, 1.165) is 32.6 Å². The molecule has 41 heavy (non-hydrogen) atoms. The number of fused-ring (bicyclic) bond motifs is 3. The Morgan fingerprint density at radius 1 is 1.07 bits per heavy atom. The van der Waals surface area contributed by atoms with Gasteiger partial charge in [-0.3, -0.25) is 9.59 Å². The molecule has 1 aliphatic heterocycles. The number of hydrogen-bond donors (Lipinski definition) is 3. The van der Waals surface area contributed by atoms with E-state index >= 15 is 0 Å². The zero-order valence-corrected chi connectivity index (χ0v) is 25.0. The van der Waals surface area contributed by atoms with Crippen molar-refractivity contribution in [2.45, 2.75) is 135 Å². The maximum absolute atomic E-state index is 13.1. The van der Waals surface area contributed by atoms with E-state index in [4.69, 9.17) is 18.9 Å². The zero-order valence-electron chi connectivity index (χ0n) is 25.0. The van der Waals surface area contributed by atoms with E-state index in [1.54, 1.807) is 26.8 Å². The molecule has 0 aromatic heterocycles. The largest absolute Gasteiger partial charge is 0.459 e. The van der Waals surface area contributed by atoms with Crippen LogP contribution in [0.2, 0.25) is 0 Å². The standard InChI is InChI=1S/C30H44O11/c1-8-10-11-12-13-14-20(33)38-24-22-21(17(4)23(24)39-26(34)16(3)9-2)25-30(37,29(7,36)27(35)40-25)19(32)15-28(22,6)41-18(5)31/h9,19,22-25,32,36-37H,8,10-15H2,1-7H3/b16-9-/t19-,22+,23-,24-,25-,28-,29?,30?/m1/s1. The SMILES string of the molecule is C/C=C(/C)C(=O)O[C@@H]1C(C)=C2[C@H]3OC(=O)C(C)(O)C3(O)[C@H](O)C[C@@](C)(OC(C)=O)[C@@H]2[C@H]1OC(=O)CCCCCCC. The van der Waals surface area contributed by atoms with Gasteiger partial charge >= 0.3 is 23.9 Å². The van der Waals surface area contributed by atoms with Gasteiger partial charge in [-0.1, -0.05) is 38.7 Å². The summed E-state index contributed by atoms with van der Waals surface area (Å²) in [6.07, 6.45) is -0.166. The fourth-order valence-corrected chi connectivity index (χ4v) is 6.38. The average molecular weight is 581 g/mol. The zero-order chi connectivity index (χ0) is 30.9. The van der Waals surface area contributed by atoms with Crippen molar-refractivity contribution < 1.29 is 53.4 Å². The van der Waals surface area contributed by atoms with Gasteiger partial charge in [0.15, 0.2) is 29.5 Å². The van der Waals surface area contributed by atoms with Gasteiger partial charge in [-0.15, -0.1) is 0 Å². The van der Waals surface area contributed by atoms with Crippen LogP contribution in [0.3, 0.4) is 0 Å². The smallest absolute Gasteiger partial charge is 0.341 e. The maximum atomic E-state index is 13.1. The summed E-state index contributed by atoms with van der Waals surface area (Å²) in [5.41, 5.74) is -5.99. The monoisotopic (exact) mass is 580 g/mol. The van der Waals surface area contributed by atoms with E-state index in [9.17, 15) is 34.5 Å². The van der Waals surface area contributed by atoms with E-state index in [2.05, 4.69) is 6.92 Å². The molecule has 0 radical (unpaired) electrons. The molecule has 0 amide bonds. The van der Waals surface area contributed by atoms with Crippen molar-refractivity contribution in [1.29, 1.82) is 0 Å². The number of ether oxygens (including phenoxy) is 4. The number of unbranched alkanes of at least 4 members (excludes halogenated alkanes) is 4. The molecule has 0 bridgehead atoms. The van der Waals surface area contributed by atoms with Crippen LogP contribution in [-0.2, 0) is 38.1 Å². The molecule has 8 atom stereocenters. The Bertz CT molecular complexity index is 1120. The molecule has 3 N–H and O–H groups in total. The van der Waals surface area contributed by atoms with E-state index < -0.39 is 77.4 Å².